The fraction of sp³-hybridized carbons (Fsp3) is 0.889. The maximum atomic E-state index is 9.86. The Balaban J connectivity index is 3.92. The number of rotatable bonds is 7. The van der Waals surface area contributed by atoms with Crippen LogP contribution in [0.15, 0.2) is 5.16 Å². The third-order valence-electron chi connectivity index (χ3n) is 2.19. The normalized spacial score (nSPS) is 18.5. The summed E-state index contributed by atoms with van der Waals surface area (Å²) in [4.78, 5) is 0. The van der Waals surface area contributed by atoms with Gasteiger partial charge in [0.25, 0.3) is 0 Å². The minimum atomic E-state index is -0.861. The molecule has 6 nitrogen and oxygen atoms in total. The van der Waals surface area contributed by atoms with Gasteiger partial charge in [-0.1, -0.05) is 5.16 Å². The van der Waals surface area contributed by atoms with Crippen molar-refractivity contribution < 1.29 is 15.1 Å². The molecule has 0 spiro atoms. The monoisotopic (exact) mass is 219 g/mol. The van der Waals surface area contributed by atoms with E-state index in [1.54, 1.807) is 21.0 Å². The maximum absolute atomic E-state index is 9.86. The summed E-state index contributed by atoms with van der Waals surface area (Å²) in [7, 11) is 1.59. The van der Waals surface area contributed by atoms with Crippen LogP contribution < -0.4 is 11.1 Å². The van der Waals surface area contributed by atoms with Crippen LogP contribution in [0.5, 0.6) is 0 Å². The fourth-order valence-electron chi connectivity index (χ4n) is 0.974. The summed E-state index contributed by atoms with van der Waals surface area (Å²) in [6, 6.07) is -0.274. The Morgan fingerprint density at radius 3 is 2.73 bits per heavy atom. The summed E-state index contributed by atoms with van der Waals surface area (Å²) in [6.07, 6.45) is 0.527. The van der Waals surface area contributed by atoms with Crippen LogP contribution in [0.25, 0.3) is 0 Å². The quantitative estimate of drug-likeness (QED) is 0.200. The number of nitrogens with one attached hydrogen (secondary N) is 1. The number of amidine groups is 1. The Hall–Kier alpha value is -0.850. The Kier molecular flexibility index (Phi) is 6.23. The number of ether oxygens (including phenoxy) is 1. The predicted octanol–water partition coefficient (Wildman–Crippen LogP) is -0.502. The molecule has 0 aromatic rings. The number of oxime groups is 1. The fourth-order valence-corrected chi connectivity index (χ4v) is 0.974. The number of hydrogen-bond acceptors (Lipinski definition) is 5. The van der Waals surface area contributed by atoms with Gasteiger partial charge in [0.05, 0.1) is 11.6 Å². The summed E-state index contributed by atoms with van der Waals surface area (Å²) in [5.41, 5.74) is 4.52. The van der Waals surface area contributed by atoms with E-state index in [1.165, 1.54) is 0 Å². The van der Waals surface area contributed by atoms with Gasteiger partial charge in [0.2, 0.25) is 0 Å². The van der Waals surface area contributed by atoms with E-state index >= 15 is 0 Å². The van der Waals surface area contributed by atoms with Crippen molar-refractivity contribution in [1.29, 1.82) is 0 Å². The topological polar surface area (TPSA) is 100 Å². The predicted molar refractivity (Wildman–Crippen MR) is 58.0 cm³/mol. The van der Waals surface area contributed by atoms with Gasteiger partial charge >= 0.3 is 0 Å². The molecule has 2 unspecified atom stereocenters. The van der Waals surface area contributed by atoms with Gasteiger partial charge in [0.1, 0.15) is 0 Å². The molecule has 0 heterocycles. The second-order valence-electron chi connectivity index (χ2n) is 3.87. The molecule has 15 heavy (non-hydrogen) atoms. The Bertz CT molecular complexity index is 207. The summed E-state index contributed by atoms with van der Waals surface area (Å²) in [6.45, 7) is 4.31. The average Bonchev–Trinajstić information content (AvgIpc) is 2.22. The van der Waals surface area contributed by atoms with Gasteiger partial charge in [0, 0.05) is 26.7 Å². The zero-order valence-corrected chi connectivity index (χ0v) is 9.53. The molecular formula is C9H21N3O3. The molecule has 0 radical (unpaired) electrons. The SMILES string of the molecule is COCCC(C)(O)CNC(C)C(N)=NO. The first kappa shape index (κ1) is 14.2. The first-order chi connectivity index (χ1) is 6.93. The molecule has 5 N–H and O–H groups in total. The number of hydrogen-bond donors (Lipinski definition) is 4. The maximum Gasteiger partial charge on any atom is 0.156 e. The average molecular weight is 219 g/mol. The van der Waals surface area contributed by atoms with Crippen LogP contribution in [0.3, 0.4) is 0 Å². The van der Waals surface area contributed by atoms with E-state index in [2.05, 4.69) is 10.5 Å². The standard InChI is InChI=1S/C9H21N3O3/c1-7(8(10)12-14)11-6-9(2,13)4-5-15-3/h7,11,13-14H,4-6H2,1-3H3,(H2,10,12). The molecule has 0 aliphatic carbocycles. The minimum absolute atomic E-state index is 0.0949. The van der Waals surface area contributed by atoms with Gasteiger partial charge in [-0.15, -0.1) is 0 Å². The van der Waals surface area contributed by atoms with Crippen LogP contribution in [0, 0.1) is 0 Å². The van der Waals surface area contributed by atoms with Crippen molar-refractivity contribution in [3.8, 4) is 0 Å². The van der Waals surface area contributed by atoms with Gasteiger partial charge in [0.15, 0.2) is 5.84 Å². The molecule has 0 saturated heterocycles. The first-order valence-corrected chi connectivity index (χ1v) is 4.85. The van der Waals surface area contributed by atoms with Crippen molar-refractivity contribution in [3.63, 3.8) is 0 Å². The van der Waals surface area contributed by atoms with E-state index in [4.69, 9.17) is 15.7 Å². The molecule has 6 heteroatoms. The highest BCUT2D eigenvalue weighted by molar-refractivity contribution is 5.84. The van der Waals surface area contributed by atoms with Crippen LogP contribution in [-0.4, -0.2) is 48.1 Å². The largest absolute Gasteiger partial charge is 0.409 e. The van der Waals surface area contributed by atoms with E-state index in [0.717, 1.165) is 0 Å². The molecule has 0 aromatic carbocycles. The van der Waals surface area contributed by atoms with Crippen LogP contribution in [-0.2, 0) is 4.74 Å². The molecular weight excluding hydrogens is 198 g/mol. The number of nitrogens with zero attached hydrogens (tertiary/aromatic N) is 1. The summed E-state index contributed by atoms with van der Waals surface area (Å²) in [5.74, 6) is 0.0949. The van der Waals surface area contributed by atoms with E-state index in [-0.39, 0.29) is 11.9 Å². The Morgan fingerprint density at radius 1 is 1.67 bits per heavy atom. The lowest BCUT2D eigenvalue weighted by Crippen LogP contribution is -2.47. The summed E-state index contributed by atoms with van der Waals surface area (Å²) < 4.78 is 4.88. The van der Waals surface area contributed by atoms with Crippen molar-refractivity contribution in [2.24, 2.45) is 10.9 Å². The van der Waals surface area contributed by atoms with E-state index < -0.39 is 5.60 Å². The molecule has 2 atom stereocenters. The molecule has 0 aliphatic heterocycles. The van der Waals surface area contributed by atoms with Crippen molar-refractivity contribution in [1.82, 2.24) is 5.32 Å². The molecule has 0 rings (SSSR count). The van der Waals surface area contributed by atoms with Crippen LogP contribution >= 0.6 is 0 Å². The highest BCUT2D eigenvalue weighted by Crippen LogP contribution is 2.07. The third kappa shape index (κ3) is 6.27. The van der Waals surface area contributed by atoms with Gasteiger partial charge in [-0.25, -0.2) is 0 Å². The number of methoxy groups -OCH3 is 1. The highest BCUT2D eigenvalue weighted by Gasteiger charge is 2.21. The second-order valence-corrected chi connectivity index (χ2v) is 3.87. The minimum Gasteiger partial charge on any atom is -0.409 e. The van der Waals surface area contributed by atoms with Gasteiger partial charge in [-0.05, 0) is 13.8 Å². The van der Waals surface area contributed by atoms with Gasteiger partial charge < -0.3 is 26.1 Å². The lowest BCUT2D eigenvalue weighted by molar-refractivity contribution is 0.0244. The number of aliphatic hydroxyl groups is 1. The van der Waals surface area contributed by atoms with Crippen molar-refractivity contribution in [3.05, 3.63) is 0 Å². The molecule has 0 amide bonds. The van der Waals surface area contributed by atoms with E-state index in [1.807, 2.05) is 0 Å². The molecule has 0 bridgehead atoms. The van der Waals surface area contributed by atoms with Gasteiger partial charge in [-0.3, -0.25) is 0 Å². The third-order valence-corrected chi connectivity index (χ3v) is 2.19. The number of nitrogens with two attached hydrogens (primary N) is 1. The second kappa shape index (κ2) is 6.60. The van der Waals surface area contributed by atoms with Crippen LogP contribution in [0.4, 0.5) is 0 Å². The Morgan fingerprint density at radius 2 is 2.27 bits per heavy atom. The summed E-state index contributed by atoms with van der Waals surface area (Å²) in [5, 5.41) is 24.1. The van der Waals surface area contributed by atoms with Crippen molar-refractivity contribution in [2.45, 2.75) is 31.9 Å². The van der Waals surface area contributed by atoms with E-state index in [9.17, 15) is 5.11 Å². The lowest BCUT2D eigenvalue weighted by Gasteiger charge is -2.25. The lowest BCUT2D eigenvalue weighted by atomic mass is 10.0. The first-order valence-electron chi connectivity index (χ1n) is 4.85. The molecule has 0 aliphatic rings. The van der Waals surface area contributed by atoms with Crippen molar-refractivity contribution >= 4 is 5.84 Å². The molecule has 90 valence electrons. The van der Waals surface area contributed by atoms with Gasteiger partial charge in [-0.2, -0.15) is 0 Å². The van der Waals surface area contributed by atoms with Crippen LogP contribution in [0.1, 0.15) is 20.3 Å². The molecule has 0 fully saturated rings. The Labute approximate surface area is 90.1 Å². The highest BCUT2D eigenvalue weighted by atomic mass is 16.5. The molecule has 0 saturated carbocycles. The van der Waals surface area contributed by atoms with Crippen LogP contribution in [0.2, 0.25) is 0 Å². The molecule has 0 aromatic heterocycles. The smallest absolute Gasteiger partial charge is 0.156 e. The van der Waals surface area contributed by atoms with Crippen molar-refractivity contribution in [2.75, 3.05) is 20.3 Å². The van der Waals surface area contributed by atoms with E-state index in [0.29, 0.717) is 19.6 Å². The zero-order valence-electron chi connectivity index (χ0n) is 9.53. The summed E-state index contributed by atoms with van der Waals surface area (Å²) >= 11 is 0. The zero-order chi connectivity index (χ0) is 11.9.